The summed E-state index contributed by atoms with van der Waals surface area (Å²) in [5.74, 6) is 1.05. The molecule has 2 aromatic carbocycles. The summed E-state index contributed by atoms with van der Waals surface area (Å²) < 4.78 is 11.2. The molecule has 0 saturated carbocycles. The van der Waals surface area contributed by atoms with Crippen molar-refractivity contribution in [2.75, 3.05) is 18.1 Å². The molecule has 0 saturated heterocycles. The summed E-state index contributed by atoms with van der Waals surface area (Å²) in [5.41, 5.74) is 4.07. The van der Waals surface area contributed by atoms with Crippen LogP contribution in [0.2, 0.25) is 0 Å². The number of carbonyl (C=O) groups is 1. The summed E-state index contributed by atoms with van der Waals surface area (Å²) in [5, 5.41) is 13.0. The minimum Gasteiger partial charge on any atom is -0.491 e. The van der Waals surface area contributed by atoms with Crippen LogP contribution < -0.4 is 15.0 Å². The minimum atomic E-state index is -0.815. The molecule has 0 radical (unpaired) electrons. The Morgan fingerprint density at radius 3 is 2.94 bits per heavy atom. The number of fused-ring (bicyclic) bond motifs is 1. The molecule has 3 aromatic rings. The number of amides is 1. The molecular weight excluding hydrogens is 392 g/mol. The van der Waals surface area contributed by atoms with Crippen molar-refractivity contribution in [1.29, 1.82) is 0 Å². The molecule has 2 unspecified atom stereocenters. The number of nitrogens with zero attached hydrogens (tertiary/aromatic N) is 1. The molecule has 2 atom stereocenters. The molecular formula is C25H28N2O4. The number of aliphatic hydroxyl groups is 1. The lowest BCUT2D eigenvalue weighted by Crippen LogP contribution is -2.36. The van der Waals surface area contributed by atoms with Gasteiger partial charge in [0.15, 0.2) is 0 Å². The lowest BCUT2D eigenvalue weighted by atomic mass is 10.1. The Balaban J connectivity index is 1.32. The third-order valence-electron chi connectivity index (χ3n) is 5.58. The number of anilines is 1. The van der Waals surface area contributed by atoms with Crippen LogP contribution in [0.4, 0.5) is 5.69 Å². The van der Waals surface area contributed by atoms with Crippen LogP contribution in [0.5, 0.6) is 5.75 Å². The lowest BCUT2D eigenvalue weighted by molar-refractivity contribution is 0.0842. The first-order valence-electron chi connectivity index (χ1n) is 10.6. The molecule has 2 heterocycles. The molecule has 0 bridgehead atoms. The standard InChI is InChI=1S/C25H28N2O4/c1-17-6-5-8-21(12-17)31-16-20(28)14-26-25(29)22-10-11-30-24(22)15-27-18(2)13-19-7-3-4-9-23(19)27/h3-12,18,20,28H,13-16H2,1-2H3,(H,26,29). The zero-order valence-corrected chi connectivity index (χ0v) is 17.9. The van der Waals surface area contributed by atoms with Gasteiger partial charge in [0.05, 0.1) is 18.4 Å². The van der Waals surface area contributed by atoms with E-state index in [1.807, 2.05) is 37.3 Å². The van der Waals surface area contributed by atoms with Crippen LogP contribution in [0, 0.1) is 6.92 Å². The number of rotatable bonds is 8. The molecule has 0 aliphatic carbocycles. The van der Waals surface area contributed by atoms with Crippen molar-refractivity contribution in [3.05, 3.63) is 83.3 Å². The monoisotopic (exact) mass is 420 g/mol. The predicted octanol–water partition coefficient (Wildman–Crippen LogP) is 3.71. The highest BCUT2D eigenvalue weighted by molar-refractivity contribution is 5.95. The zero-order valence-electron chi connectivity index (χ0n) is 17.9. The fourth-order valence-corrected chi connectivity index (χ4v) is 3.95. The number of nitrogens with one attached hydrogen (secondary N) is 1. The number of aliphatic hydroxyl groups excluding tert-OH is 1. The van der Waals surface area contributed by atoms with E-state index >= 15 is 0 Å². The first-order chi connectivity index (χ1) is 15.0. The fourth-order valence-electron chi connectivity index (χ4n) is 3.95. The molecule has 162 valence electrons. The second kappa shape index (κ2) is 9.27. The van der Waals surface area contributed by atoms with Gasteiger partial charge >= 0.3 is 0 Å². The number of ether oxygens (including phenoxy) is 1. The molecule has 2 N–H and O–H groups in total. The van der Waals surface area contributed by atoms with Gasteiger partial charge in [0.25, 0.3) is 5.91 Å². The van der Waals surface area contributed by atoms with Crippen molar-refractivity contribution in [3.8, 4) is 5.75 Å². The molecule has 1 aliphatic heterocycles. The summed E-state index contributed by atoms with van der Waals surface area (Å²) in [7, 11) is 0. The zero-order chi connectivity index (χ0) is 21.8. The highest BCUT2D eigenvalue weighted by Crippen LogP contribution is 2.33. The summed E-state index contributed by atoms with van der Waals surface area (Å²) >= 11 is 0. The summed E-state index contributed by atoms with van der Waals surface area (Å²) in [6.45, 7) is 4.87. The van der Waals surface area contributed by atoms with Crippen molar-refractivity contribution < 1.29 is 19.1 Å². The van der Waals surface area contributed by atoms with Crippen LogP contribution in [0.15, 0.2) is 65.3 Å². The number of furan rings is 1. The van der Waals surface area contributed by atoms with Crippen molar-refractivity contribution in [2.24, 2.45) is 0 Å². The first-order valence-corrected chi connectivity index (χ1v) is 10.6. The maximum atomic E-state index is 12.7. The van der Waals surface area contributed by atoms with Gasteiger partial charge in [0, 0.05) is 18.3 Å². The van der Waals surface area contributed by atoms with Crippen LogP contribution in [0.1, 0.15) is 34.2 Å². The number of hydrogen-bond acceptors (Lipinski definition) is 5. The van der Waals surface area contributed by atoms with E-state index in [1.54, 1.807) is 6.07 Å². The Labute approximate surface area is 182 Å². The Kier molecular flexibility index (Phi) is 6.28. The first kappa shape index (κ1) is 21.0. The number of aryl methyl sites for hydroxylation is 1. The Morgan fingerprint density at radius 1 is 1.26 bits per heavy atom. The SMILES string of the molecule is Cc1cccc(OCC(O)CNC(=O)c2ccoc2CN2c3ccccc3CC2C)c1. The van der Waals surface area contributed by atoms with E-state index in [-0.39, 0.29) is 19.1 Å². The van der Waals surface area contributed by atoms with E-state index in [9.17, 15) is 9.90 Å². The molecule has 4 rings (SSSR count). The number of benzene rings is 2. The quantitative estimate of drug-likeness (QED) is 0.581. The van der Waals surface area contributed by atoms with Gasteiger partial charge in [0.1, 0.15) is 24.2 Å². The van der Waals surface area contributed by atoms with E-state index in [1.165, 1.54) is 17.5 Å². The lowest BCUT2D eigenvalue weighted by Gasteiger charge is -2.24. The van der Waals surface area contributed by atoms with E-state index in [2.05, 4.69) is 35.3 Å². The molecule has 1 amide bonds. The number of hydrogen-bond donors (Lipinski definition) is 2. The van der Waals surface area contributed by atoms with E-state index in [4.69, 9.17) is 9.15 Å². The van der Waals surface area contributed by atoms with E-state index in [0.717, 1.165) is 12.0 Å². The topological polar surface area (TPSA) is 74.9 Å². The van der Waals surface area contributed by atoms with Crippen molar-refractivity contribution in [1.82, 2.24) is 5.32 Å². The van der Waals surface area contributed by atoms with Crippen LogP contribution in [0.25, 0.3) is 0 Å². The summed E-state index contributed by atoms with van der Waals surface area (Å²) in [6, 6.07) is 18.0. The van der Waals surface area contributed by atoms with Crippen molar-refractivity contribution in [2.45, 2.75) is 39.0 Å². The fraction of sp³-hybridized carbons (Fsp3) is 0.320. The molecule has 1 aliphatic rings. The van der Waals surface area contributed by atoms with Gasteiger partial charge in [-0.15, -0.1) is 0 Å². The Hall–Kier alpha value is -3.25. The van der Waals surface area contributed by atoms with Crippen molar-refractivity contribution in [3.63, 3.8) is 0 Å². The van der Waals surface area contributed by atoms with Gasteiger partial charge in [-0.1, -0.05) is 30.3 Å². The molecule has 1 aromatic heterocycles. The second-order valence-corrected chi connectivity index (χ2v) is 8.06. The third-order valence-corrected chi connectivity index (χ3v) is 5.58. The normalized spacial score (nSPS) is 16.1. The molecule has 0 spiro atoms. The van der Waals surface area contributed by atoms with Crippen LogP contribution in [0.3, 0.4) is 0 Å². The van der Waals surface area contributed by atoms with Gasteiger partial charge in [-0.25, -0.2) is 0 Å². The third kappa shape index (κ3) is 4.91. The van der Waals surface area contributed by atoms with Gasteiger partial charge in [-0.3, -0.25) is 4.79 Å². The maximum absolute atomic E-state index is 12.7. The highest BCUT2D eigenvalue weighted by atomic mass is 16.5. The smallest absolute Gasteiger partial charge is 0.254 e. The van der Waals surface area contributed by atoms with Gasteiger partial charge < -0.3 is 24.5 Å². The average Bonchev–Trinajstić information content (AvgIpc) is 3.35. The maximum Gasteiger partial charge on any atom is 0.254 e. The second-order valence-electron chi connectivity index (χ2n) is 8.06. The number of para-hydroxylation sites is 1. The van der Waals surface area contributed by atoms with Gasteiger partial charge in [-0.05, 0) is 55.7 Å². The molecule has 6 heteroatoms. The van der Waals surface area contributed by atoms with Crippen LogP contribution in [-0.2, 0) is 13.0 Å². The minimum absolute atomic E-state index is 0.0955. The van der Waals surface area contributed by atoms with Crippen molar-refractivity contribution >= 4 is 11.6 Å². The largest absolute Gasteiger partial charge is 0.491 e. The van der Waals surface area contributed by atoms with E-state index in [0.29, 0.717) is 29.7 Å². The molecule has 6 nitrogen and oxygen atoms in total. The predicted molar refractivity (Wildman–Crippen MR) is 120 cm³/mol. The highest BCUT2D eigenvalue weighted by Gasteiger charge is 2.28. The number of carbonyl (C=O) groups excluding carboxylic acids is 1. The molecule has 31 heavy (non-hydrogen) atoms. The van der Waals surface area contributed by atoms with Gasteiger partial charge in [-0.2, -0.15) is 0 Å². The Morgan fingerprint density at radius 2 is 2.10 bits per heavy atom. The summed E-state index contributed by atoms with van der Waals surface area (Å²) in [4.78, 5) is 15.0. The van der Waals surface area contributed by atoms with Crippen LogP contribution in [-0.4, -0.2) is 36.3 Å². The molecule has 0 fully saturated rings. The van der Waals surface area contributed by atoms with Crippen LogP contribution >= 0.6 is 0 Å². The van der Waals surface area contributed by atoms with E-state index < -0.39 is 6.10 Å². The average molecular weight is 421 g/mol. The summed E-state index contributed by atoms with van der Waals surface area (Å²) in [6.07, 6.45) is 1.70. The Bertz CT molecular complexity index is 1050. The van der Waals surface area contributed by atoms with Gasteiger partial charge in [0.2, 0.25) is 0 Å².